The number of halogens is 1. The molecule has 2 N–H and O–H groups in total. The highest BCUT2D eigenvalue weighted by atomic mass is 19.1. The van der Waals surface area contributed by atoms with E-state index in [1.807, 2.05) is 6.92 Å². The molecule has 0 aromatic heterocycles. The second-order valence-corrected chi connectivity index (χ2v) is 3.26. The van der Waals surface area contributed by atoms with Gasteiger partial charge < -0.3 is 10.4 Å². The molecule has 3 nitrogen and oxygen atoms in total. The van der Waals surface area contributed by atoms with Crippen LogP contribution < -0.4 is 5.32 Å². The maximum absolute atomic E-state index is 12.7. The van der Waals surface area contributed by atoms with Gasteiger partial charge in [-0.1, -0.05) is 19.1 Å². The molecule has 0 heterocycles. The minimum absolute atomic E-state index is 0.000523. The SMILES string of the molecule is CCNC(CC(=O)O)c1ccc(F)cc1. The van der Waals surface area contributed by atoms with E-state index in [1.165, 1.54) is 12.1 Å². The third-order valence-corrected chi connectivity index (χ3v) is 2.10. The van der Waals surface area contributed by atoms with Crippen LogP contribution in [0, 0.1) is 5.82 Å². The average molecular weight is 211 g/mol. The van der Waals surface area contributed by atoms with E-state index in [0.29, 0.717) is 6.54 Å². The first-order chi connectivity index (χ1) is 7.13. The number of hydrogen-bond donors (Lipinski definition) is 2. The predicted molar refractivity (Wildman–Crippen MR) is 55.1 cm³/mol. The Hall–Kier alpha value is -1.42. The Morgan fingerprint density at radius 3 is 2.53 bits per heavy atom. The van der Waals surface area contributed by atoms with Crippen molar-refractivity contribution in [1.82, 2.24) is 5.32 Å². The number of nitrogens with one attached hydrogen (secondary N) is 1. The molecule has 4 heteroatoms. The molecule has 0 aliphatic carbocycles. The Kier molecular flexibility index (Phi) is 4.24. The van der Waals surface area contributed by atoms with Gasteiger partial charge in [-0.3, -0.25) is 4.79 Å². The monoisotopic (exact) mass is 211 g/mol. The van der Waals surface area contributed by atoms with Crippen LogP contribution in [0.15, 0.2) is 24.3 Å². The molecule has 15 heavy (non-hydrogen) atoms. The number of rotatable bonds is 5. The number of carbonyl (C=O) groups is 1. The fourth-order valence-electron chi connectivity index (χ4n) is 1.42. The number of carboxylic acid groups (broad SMARTS) is 1. The van der Waals surface area contributed by atoms with Gasteiger partial charge in [0.2, 0.25) is 0 Å². The summed E-state index contributed by atoms with van der Waals surface area (Å²) in [5.41, 5.74) is 0.792. The van der Waals surface area contributed by atoms with Crippen molar-refractivity contribution >= 4 is 5.97 Å². The molecule has 1 atom stereocenters. The normalized spacial score (nSPS) is 12.4. The number of hydrogen-bond acceptors (Lipinski definition) is 2. The summed E-state index contributed by atoms with van der Waals surface area (Å²) in [5.74, 6) is -1.19. The van der Waals surface area contributed by atoms with E-state index in [0.717, 1.165) is 5.56 Å². The van der Waals surface area contributed by atoms with Crippen LogP contribution in [0.5, 0.6) is 0 Å². The van der Waals surface area contributed by atoms with E-state index in [9.17, 15) is 9.18 Å². The topological polar surface area (TPSA) is 49.3 Å². The maximum atomic E-state index is 12.7. The second kappa shape index (κ2) is 5.46. The van der Waals surface area contributed by atoms with Gasteiger partial charge in [-0.25, -0.2) is 4.39 Å². The third-order valence-electron chi connectivity index (χ3n) is 2.10. The molecule has 1 aromatic carbocycles. The average Bonchev–Trinajstić information content (AvgIpc) is 2.17. The molecule has 0 fully saturated rings. The van der Waals surface area contributed by atoms with Gasteiger partial charge in [-0.05, 0) is 24.2 Å². The summed E-state index contributed by atoms with van der Waals surface area (Å²) in [7, 11) is 0. The first-order valence-corrected chi connectivity index (χ1v) is 4.84. The van der Waals surface area contributed by atoms with Crippen LogP contribution in [-0.4, -0.2) is 17.6 Å². The molecule has 0 radical (unpaired) electrons. The molecular weight excluding hydrogens is 197 g/mol. The maximum Gasteiger partial charge on any atom is 0.305 e. The van der Waals surface area contributed by atoms with Gasteiger partial charge in [-0.2, -0.15) is 0 Å². The van der Waals surface area contributed by atoms with E-state index < -0.39 is 5.97 Å². The Morgan fingerprint density at radius 1 is 1.47 bits per heavy atom. The Labute approximate surface area is 87.9 Å². The number of benzene rings is 1. The van der Waals surface area contributed by atoms with Crippen molar-refractivity contribution in [2.45, 2.75) is 19.4 Å². The fourth-order valence-corrected chi connectivity index (χ4v) is 1.42. The van der Waals surface area contributed by atoms with Gasteiger partial charge in [0.25, 0.3) is 0 Å². The van der Waals surface area contributed by atoms with Crippen molar-refractivity contribution in [3.8, 4) is 0 Å². The second-order valence-electron chi connectivity index (χ2n) is 3.26. The molecule has 0 aliphatic rings. The molecule has 1 aromatic rings. The largest absolute Gasteiger partial charge is 0.481 e. The zero-order valence-corrected chi connectivity index (χ0v) is 8.53. The van der Waals surface area contributed by atoms with Gasteiger partial charge in [0.15, 0.2) is 0 Å². The predicted octanol–water partition coefficient (Wildman–Crippen LogP) is 1.95. The van der Waals surface area contributed by atoms with Crippen LogP contribution in [0.3, 0.4) is 0 Å². The van der Waals surface area contributed by atoms with Crippen molar-refractivity contribution < 1.29 is 14.3 Å². The van der Waals surface area contributed by atoms with E-state index >= 15 is 0 Å². The molecule has 0 amide bonds. The molecule has 82 valence electrons. The molecule has 1 rings (SSSR count). The van der Waals surface area contributed by atoms with Crippen molar-refractivity contribution in [3.05, 3.63) is 35.6 Å². The van der Waals surface area contributed by atoms with Gasteiger partial charge >= 0.3 is 5.97 Å². The van der Waals surface area contributed by atoms with Crippen molar-refractivity contribution in [2.75, 3.05) is 6.54 Å². The summed E-state index contributed by atoms with van der Waals surface area (Å²) in [5, 5.41) is 11.8. The highest BCUT2D eigenvalue weighted by Gasteiger charge is 2.13. The molecular formula is C11H14FNO2. The molecule has 1 unspecified atom stereocenters. The summed E-state index contributed by atoms with van der Waals surface area (Å²) in [6.45, 7) is 2.58. The standard InChI is InChI=1S/C11H14FNO2/c1-2-13-10(7-11(14)15)8-3-5-9(12)6-4-8/h3-6,10,13H,2,7H2,1H3,(H,14,15). The minimum atomic E-state index is -0.870. The highest BCUT2D eigenvalue weighted by Crippen LogP contribution is 2.16. The first-order valence-electron chi connectivity index (χ1n) is 4.84. The Bertz CT molecular complexity index is 324. The van der Waals surface area contributed by atoms with Gasteiger partial charge in [0, 0.05) is 6.04 Å². The number of carboxylic acids is 1. The first kappa shape index (κ1) is 11.7. The van der Waals surface area contributed by atoms with E-state index in [2.05, 4.69) is 5.32 Å². The third kappa shape index (κ3) is 3.67. The van der Waals surface area contributed by atoms with Gasteiger partial charge in [0.1, 0.15) is 5.82 Å². The quantitative estimate of drug-likeness (QED) is 0.782. The van der Waals surface area contributed by atoms with E-state index in [-0.39, 0.29) is 18.3 Å². The van der Waals surface area contributed by atoms with Crippen LogP contribution in [0.25, 0.3) is 0 Å². The highest BCUT2D eigenvalue weighted by molar-refractivity contribution is 5.67. The summed E-state index contributed by atoms with van der Waals surface area (Å²) in [6.07, 6.45) is -0.000523. The molecule has 0 saturated heterocycles. The molecule has 0 saturated carbocycles. The van der Waals surface area contributed by atoms with Crippen molar-refractivity contribution in [3.63, 3.8) is 0 Å². The molecule has 0 spiro atoms. The lowest BCUT2D eigenvalue weighted by atomic mass is 10.0. The zero-order chi connectivity index (χ0) is 11.3. The summed E-state index contributed by atoms with van der Waals surface area (Å²) in [4.78, 5) is 10.6. The lowest BCUT2D eigenvalue weighted by Gasteiger charge is -2.15. The Morgan fingerprint density at radius 2 is 2.07 bits per heavy atom. The zero-order valence-electron chi connectivity index (χ0n) is 8.53. The van der Waals surface area contributed by atoms with Gasteiger partial charge in [0.05, 0.1) is 6.42 Å². The lowest BCUT2D eigenvalue weighted by Crippen LogP contribution is -2.23. The van der Waals surface area contributed by atoms with Crippen LogP contribution >= 0.6 is 0 Å². The van der Waals surface area contributed by atoms with E-state index in [4.69, 9.17) is 5.11 Å². The summed E-state index contributed by atoms with van der Waals surface area (Å²) in [6, 6.07) is 5.62. The van der Waals surface area contributed by atoms with Crippen LogP contribution in [0.4, 0.5) is 4.39 Å². The lowest BCUT2D eigenvalue weighted by molar-refractivity contribution is -0.137. The van der Waals surface area contributed by atoms with E-state index in [1.54, 1.807) is 12.1 Å². The van der Waals surface area contributed by atoms with Crippen molar-refractivity contribution in [2.24, 2.45) is 0 Å². The Balaban J connectivity index is 2.78. The summed E-state index contributed by atoms with van der Waals surface area (Å²) < 4.78 is 12.7. The number of aliphatic carboxylic acids is 1. The summed E-state index contributed by atoms with van der Waals surface area (Å²) >= 11 is 0. The fraction of sp³-hybridized carbons (Fsp3) is 0.364. The molecule has 0 bridgehead atoms. The van der Waals surface area contributed by atoms with Gasteiger partial charge in [-0.15, -0.1) is 0 Å². The smallest absolute Gasteiger partial charge is 0.305 e. The minimum Gasteiger partial charge on any atom is -0.481 e. The van der Waals surface area contributed by atoms with Crippen LogP contribution in [0.2, 0.25) is 0 Å². The van der Waals surface area contributed by atoms with Crippen molar-refractivity contribution in [1.29, 1.82) is 0 Å². The molecule has 0 aliphatic heterocycles. The van der Waals surface area contributed by atoms with Crippen LogP contribution in [-0.2, 0) is 4.79 Å². The van der Waals surface area contributed by atoms with Crippen LogP contribution in [0.1, 0.15) is 24.9 Å².